The Morgan fingerprint density at radius 1 is 1.03 bits per heavy atom. The predicted octanol–water partition coefficient (Wildman–Crippen LogP) is 2.02. The number of methoxy groups -OCH3 is 1. The van der Waals surface area contributed by atoms with Crippen molar-refractivity contribution in [2.45, 2.75) is 24.8 Å². The van der Waals surface area contributed by atoms with Gasteiger partial charge < -0.3 is 14.5 Å². The van der Waals surface area contributed by atoms with Gasteiger partial charge >= 0.3 is 0 Å². The van der Waals surface area contributed by atoms with Gasteiger partial charge in [-0.3, -0.25) is 4.79 Å². The van der Waals surface area contributed by atoms with Crippen molar-refractivity contribution in [1.29, 1.82) is 0 Å². The molecule has 2 aromatic carbocycles. The minimum absolute atomic E-state index is 0.156. The van der Waals surface area contributed by atoms with E-state index in [9.17, 15) is 13.2 Å². The first-order valence-electron chi connectivity index (χ1n) is 9.57. The molecule has 0 radical (unpaired) electrons. The number of anilines is 1. The minimum atomic E-state index is -3.75. The van der Waals surface area contributed by atoms with Crippen molar-refractivity contribution in [1.82, 2.24) is 9.62 Å². The zero-order valence-corrected chi connectivity index (χ0v) is 17.8. The fourth-order valence-electron chi connectivity index (χ4n) is 3.40. The maximum atomic E-state index is 12.8. The van der Waals surface area contributed by atoms with Crippen LogP contribution in [-0.2, 0) is 14.8 Å². The first-order valence-corrected chi connectivity index (χ1v) is 11.1. The Bertz CT molecular complexity index is 952. The molecule has 0 aliphatic carbocycles. The van der Waals surface area contributed by atoms with E-state index in [2.05, 4.69) is 9.62 Å². The lowest BCUT2D eigenvalue weighted by atomic mass is 10.2. The van der Waals surface area contributed by atoms with E-state index in [0.717, 1.165) is 17.0 Å². The summed E-state index contributed by atoms with van der Waals surface area (Å²) in [5, 5.41) is 0. The lowest BCUT2D eigenvalue weighted by Crippen LogP contribution is -2.54. The van der Waals surface area contributed by atoms with E-state index >= 15 is 0 Å². The third-order valence-corrected chi connectivity index (χ3v) is 6.61. The summed E-state index contributed by atoms with van der Waals surface area (Å²) >= 11 is 0. The van der Waals surface area contributed by atoms with E-state index in [1.54, 1.807) is 43.2 Å². The molecule has 0 aromatic heterocycles. The predicted molar refractivity (Wildman–Crippen MR) is 113 cm³/mol. The van der Waals surface area contributed by atoms with Gasteiger partial charge in [0.2, 0.25) is 15.9 Å². The van der Waals surface area contributed by atoms with Crippen molar-refractivity contribution in [3.63, 3.8) is 0 Å². The van der Waals surface area contributed by atoms with Crippen LogP contribution in [0.2, 0.25) is 0 Å². The van der Waals surface area contributed by atoms with Gasteiger partial charge in [0.1, 0.15) is 5.75 Å². The molecule has 1 aliphatic heterocycles. The van der Waals surface area contributed by atoms with Gasteiger partial charge in [0.15, 0.2) is 0 Å². The average Bonchev–Trinajstić information content (AvgIpc) is 2.73. The highest BCUT2D eigenvalue weighted by Crippen LogP contribution is 2.28. The normalized spacial score (nSPS) is 15.8. The fourth-order valence-corrected chi connectivity index (χ4v) is 4.60. The smallest absolute Gasteiger partial charge is 0.241 e. The molecular formula is C21H27N3O4S. The van der Waals surface area contributed by atoms with Crippen LogP contribution >= 0.6 is 0 Å². The van der Waals surface area contributed by atoms with Crippen molar-refractivity contribution in [2.75, 3.05) is 38.2 Å². The Kier molecular flexibility index (Phi) is 6.44. The molecular weight excluding hydrogens is 390 g/mol. The van der Waals surface area contributed by atoms with Crippen LogP contribution in [0.25, 0.3) is 0 Å². The molecule has 0 bridgehead atoms. The summed E-state index contributed by atoms with van der Waals surface area (Å²) in [6.07, 6.45) is 0. The number of amides is 1. The molecule has 8 heteroatoms. The van der Waals surface area contributed by atoms with Crippen LogP contribution < -0.4 is 14.4 Å². The first-order chi connectivity index (χ1) is 13.8. The third kappa shape index (κ3) is 4.89. The molecule has 1 aliphatic rings. The number of nitrogens with zero attached hydrogens (tertiary/aromatic N) is 2. The number of benzene rings is 2. The molecule has 0 saturated carbocycles. The molecule has 1 fully saturated rings. The Balaban J connectivity index is 1.60. The van der Waals surface area contributed by atoms with Gasteiger partial charge in [0.25, 0.3) is 0 Å². The number of carbonyl (C=O) groups is 1. The summed E-state index contributed by atoms with van der Waals surface area (Å²) in [7, 11) is -2.11. The fraction of sp³-hybridized carbons (Fsp3) is 0.381. The lowest BCUT2D eigenvalue weighted by molar-refractivity contribution is -0.132. The molecule has 3 rings (SSSR count). The zero-order valence-electron chi connectivity index (χ0n) is 17.0. The van der Waals surface area contributed by atoms with Gasteiger partial charge in [-0.05, 0) is 38.1 Å². The average molecular weight is 418 g/mol. The van der Waals surface area contributed by atoms with Crippen LogP contribution in [0.4, 0.5) is 5.69 Å². The van der Waals surface area contributed by atoms with Gasteiger partial charge in [-0.2, -0.15) is 4.72 Å². The first kappa shape index (κ1) is 21.1. The summed E-state index contributed by atoms with van der Waals surface area (Å²) in [5.74, 6) is 0.576. The molecule has 7 nitrogen and oxygen atoms in total. The molecule has 2 aromatic rings. The second kappa shape index (κ2) is 8.84. The Labute approximate surface area is 172 Å². The molecule has 0 spiro atoms. The van der Waals surface area contributed by atoms with Gasteiger partial charge in [0, 0.05) is 26.2 Å². The van der Waals surface area contributed by atoms with Crippen LogP contribution in [0.3, 0.4) is 0 Å². The third-order valence-electron chi connectivity index (χ3n) is 5.05. The summed E-state index contributed by atoms with van der Waals surface area (Å²) in [4.78, 5) is 16.8. The van der Waals surface area contributed by atoms with Gasteiger partial charge in [-0.15, -0.1) is 0 Å². The van der Waals surface area contributed by atoms with Crippen LogP contribution in [0.5, 0.6) is 5.75 Å². The van der Waals surface area contributed by atoms with E-state index in [1.165, 1.54) is 0 Å². The monoisotopic (exact) mass is 417 g/mol. The van der Waals surface area contributed by atoms with Gasteiger partial charge in [0.05, 0.1) is 23.7 Å². The number of para-hydroxylation sites is 2. The van der Waals surface area contributed by atoms with Crippen molar-refractivity contribution in [2.24, 2.45) is 0 Å². The van der Waals surface area contributed by atoms with E-state index in [1.807, 2.05) is 31.2 Å². The maximum Gasteiger partial charge on any atom is 0.241 e. The maximum absolute atomic E-state index is 12.8. The van der Waals surface area contributed by atoms with Gasteiger partial charge in [-0.1, -0.05) is 29.8 Å². The zero-order chi connectivity index (χ0) is 21.0. The van der Waals surface area contributed by atoms with Gasteiger partial charge in [-0.25, -0.2) is 8.42 Å². The number of piperazine rings is 1. The van der Waals surface area contributed by atoms with E-state index < -0.39 is 16.1 Å². The second-order valence-corrected chi connectivity index (χ2v) is 8.85. The Hall–Kier alpha value is -2.58. The standard InChI is InChI=1S/C21H27N3O4S/c1-16-8-10-18(11-9-16)29(26,27)22-17(2)21(25)24-14-12-23(13-15-24)19-6-4-5-7-20(19)28-3/h4-11,17,22H,12-15H2,1-3H3. The molecule has 1 unspecified atom stereocenters. The number of aryl methyl sites for hydroxylation is 1. The number of carbonyl (C=O) groups excluding carboxylic acids is 1. The van der Waals surface area contributed by atoms with Crippen LogP contribution in [0.15, 0.2) is 53.4 Å². The number of nitrogens with one attached hydrogen (secondary N) is 1. The Morgan fingerprint density at radius 2 is 1.66 bits per heavy atom. The second-order valence-electron chi connectivity index (χ2n) is 7.14. The molecule has 1 N–H and O–H groups in total. The highest BCUT2D eigenvalue weighted by molar-refractivity contribution is 7.89. The van der Waals surface area contributed by atoms with E-state index in [0.29, 0.717) is 26.2 Å². The van der Waals surface area contributed by atoms with E-state index in [-0.39, 0.29) is 10.8 Å². The molecule has 29 heavy (non-hydrogen) atoms. The SMILES string of the molecule is COc1ccccc1N1CCN(C(=O)C(C)NS(=O)(=O)c2ccc(C)cc2)CC1. The lowest BCUT2D eigenvalue weighted by Gasteiger charge is -2.37. The highest BCUT2D eigenvalue weighted by Gasteiger charge is 2.28. The summed E-state index contributed by atoms with van der Waals surface area (Å²) < 4.78 is 33.0. The minimum Gasteiger partial charge on any atom is -0.495 e. The largest absolute Gasteiger partial charge is 0.495 e. The number of rotatable bonds is 6. The van der Waals surface area contributed by atoms with Crippen LogP contribution in [-0.4, -0.2) is 58.6 Å². The topological polar surface area (TPSA) is 79.0 Å². The van der Waals surface area contributed by atoms with Crippen molar-refractivity contribution >= 4 is 21.6 Å². The Morgan fingerprint density at radius 3 is 2.28 bits per heavy atom. The summed E-state index contributed by atoms with van der Waals surface area (Å²) in [6, 6.07) is 13.5. The van der Waals surface area contributed by atoms with Crippen LogP contribution in [0.1, 0.15) is 12.5 Å². The van der Waals surface area contributed by atoms with Crippen LogP contribution in [0, 0.1) is 6.92 Å². The van der Waals surface area contributed by atoms with Crippen molar-refractivity contribution in [3.8, 4) is 5.75 Å². The van der Waals surface area contributed by atoms with Crippen molar-refractivity contribution in [3.05, 3.63) is 54.1 Å². The quantitative estimate of drug-likeness (QED) is 0.778. The van der Waals surface area contributed by atoms with E-state index in [4.69, 9.17) is 4.74 Å². The highest BCUT2D eigenvalue weighted by atomic mass is 32.2. The molecule has 1 atom stereocenters. The molecule has 1 saturated heterocycles. The summed E-state index contributed by atoms with van der Waals surface area (Å²) in [6.45, 7) is 5.83. The number of ether oxygens (including phenoxy) is 1. The number of hydrogen-bond acceptors (Lipinski definition) is 5. The number of hydrogen-bond donors (Lipinski definition) is 1. The molecule has 1 amide bonds. The van der Waals surface area contributed by atoms with Crippen molar-refractivity contribution < 1.29 is 17.9 Å². The number of sulfonamides is 1. The molecule has 156 valence electrons. The summed E-state index contributed by atoms with van der Waals surface area (Å²) in [5.41, 5.74) is 1.97. The molecule has 1 heterocycles.